The van der Waals surface area contributed by atoms with Crippen molar-refractivity contribution in [2.24, 2.45) is 5.73 Å². The first kappa shape index (κ1) is 15.4. The minimum Gasteiger partial charge on any atom is -0.363 e. The van der Waals surface area contributed by atoms with Gasteiger partial charge in [0.1, 0.15) is 11.6 Å². The lowest BCUT2D eigenvalue weighted by Crippen LogP contribution is -2.33. The molecule has 0 radical (unpaired) electrons. The average molecular weight is 290 g/mol. The zero-order chi connectivity index (χ0) is 15.4. The van der Waals surface area contributed by atoms with Crippen molar-refractivity contribution in [1.82, 2.24) is 0 Å². The first-order chi connectivity index (χ1) is 10.0. The van der Waals surface area contributed by atoms with Gasteiger partial charge in [0.15, 0.2) is 0 Å². The van der Waals surface area contributed by atoms with Gasteiger partial charge in [-0.05, 0) is 43.7 Å². The Morgan fingerprint density at radius 3 is 2.10 bits per heavy atom. The van der Waals surface area contributed by atoms with E-state index in [2.05, 4.69) is 0 Å². The number of halogens is 2. The van der Waals surface area contributed by atoms with Gasteiger partial charge in [0.2, 0.25) is 0 Å². The van der Waals surface area contributed by atoms with E-state index in [-0.39, 0.29) is 12.6 Å². The second-order valence-corrected chi connectivity index (χ2v) is 5.08. The van der Waals surface area contributed by atoms with Gasteiger partial charge in [-0.25, -0.2) is 8.78 Å². The summed E-state index contributed by atoms with van der Waals surface area (Å²) in [6.45, 7) is 4.99. The Hall–Kier alpha value is -1.94. The molecule has 0 fully saturated rings. The predicted octanol–water partition coefficient (Wildman–Crippen LogP) is 3.80. The van der Waals surface area contributed by atoms with Crippen LogP contribution in [-0.4, -0.2) is 13.1 Å². The fourth-order valence-electron chi connectivity index (χ4n) is 2.53. The number of rotatable bonds is 5. The topological polar surface area (TPSA) is 29.3 Å². The van der Waals surface area contributed by atoms with E-state index in [1.165, 1.54) is 12.1 Å². The van der Waals surface area contributed by atoms with Crippen LogP contribution in [-0.2, 0) is 0 Å². The van der Waals surface area contributed by atoms with Crippen LogP contribution in [0.5, 0.6) is 0 Å². The number of hydrogen-bond donors (Lipinski definition) is 1. The summed E-state index contributed by atoms with van der Waals surface area (Å²) in [5.74, 6) is -1.16. The average Bonchev–Trinajstić information content (AvgIpc) is 2.44. The largest absolute Gasteiger partial charge is 0.363 e. The van der Waals surface area contributed by atoms with Gasteiger partial charge in [0.25, 0.3) is 0 Å². The van der Waals surface area contributed by atoms with E-state index in [9.17, 15) is 8.78 Å². The summed E-state index contributed by atoms with van der Waals surface area (Å²) >= 11 is 0. The van der Waals surface area contributed by atoms with Crippen molar-refractivity contribution in [2.75, 3.05) is 18.0 Å². The molecule has 2 N–H and O–H groups in total. The molecule has 0 bridgehead atoms. The molecule has 21 heavy (non-hydrogen) atoms. The first-order valence-electron chi connectivity index (χ1n) is 7.04. The molecular formula is C17H20F2N2. The van der Waals surface area contributed by atoms with Crippen molar-refractivity contribution in [1.29, 1.82) is 0 Å². The van der Waals surface area contributed by atoms with Crippen molar-refractivity contribution in [3.8, 4) is 0 Å². The van der Waals surface area contributed by atoms with Gasteiger partial charge in [-0.3, -0.25) is 0 Å². The van der Waals surface area contributed by atoms with Crippen LogP contribution in [0.4, 0.5) is 14.5 Å². The first-order valence-corrected chi connectivity index (χ1v) is 7.04. The van der Waals surface area contributed by atoms with E-state index in [1.54, 1.807) is 0 Å². The number of nitrogens with zero attached hydrogens (tertiary/aromatic N) is 1. The normalized spacial score (nSPS) is 12.2. The zero-order valence-corrected chi connectivity index (χ0v) is 12.3. The Labute approximate surface area is 124 Å². The van der Waals surface area contributed by atoms with Gasteiger partial charge >= 0.3 is 0 Å². The van der Waals surface area contributed by atoms with E-state index in [4.69, 9.17) is 5.73 Å². The SMILES string of the molecule is CCN(c1ccc(C)cc1)C(CN)c1cc(F)cc(F)c1. The number of nitrogens with two attached hydrogens (primary N) is 1. The number of aryl methyl sites for hydroxylation is 1. The molecule has 0 heterocycles. The number of benzene rings is 2. The molecule has 0 saturated heterocycles. The molecule has 0 saturated carbocycles. The molecule has 0 spiro atoms. The molecule has 112 valence electrons. The molecule has 4 heteroatoms. The summed E-state index contributed by atoms with van der Waals surface area (Å²) < 4.78 is 26.9. The molecule has 0 aromatic heterocycles. The summed E-state index contributed by atoms with van der Waals surface area (Å²) in [4.78, 5) is 2.05. The fourth-order valence-corrected chi connectivity index (χ4v) is 2.53. The number of likely N-dealkylation sites (N-methyl/N-ethyl adjacent to an activating group) is 1. The van der Waals surface area contributed by atoms with E-state index >= 15 is 0 Å². The third kappa shape index (κ3) is 3.58. The highest BCUT2D eigenvalue weighted by Gasteiger charge is 2.19. The molecule has 0 aliphatic heterocycles. The van der Waals surface area contributed by atoms with E-state index in [0.29, 0.717) is 12.1 Å². The number of anilines is 1. The van der Waals surface area contributed by atoms with Gasteiger partial charge < -0.3 is 10.6 Å². The van der Waals surface area contributed by atoms with Crippen LogP contribution in [0.2, 0.25) is 0 Å². The molecule has 0 aliphatic carbocycles. The van der Waals surface area contributed by atoms with E-state index in [0.717, 1.165) is 17.3 Å². The molecule has 2 nitrogen and oxygen atoms in total. The molecule has 2 aromatic rings. The van der Waals surface area contributed by atoms with E-state index in [1.807, 2.05) is 43.0 Å². The standard InChI is InChI=1S/C17H20F2N2/c1-3-21(16-6-4-12(2)5-7-16)17(11-20)13-8-14(18)10-15(19)9-13/h4-10,17H,3,11,20H2,1-2H3. The highest BCUT2D eigenvalue weighted by molar-refractivity contribution is 5.50. The lowest BCUT2D eigenvalue weighted by Gasteiger charge is -2.32. The maximum atomic E-state index is 13.4. The second kappa shape index (κ2) is 6.68. The van der Waals surface area contributed by atoms with Gasteiger partial charge in [-0.2, -0.15) is 0 Å². The second-order valence-electron chi connectivity index (χ2n) is 5.08. The maximum Gasteiger partial charge on any atom is 0.126 e. The Balaban J connectivity index is 2.39. The summed E-state index contributed by atoms with van der Waals surface area (Å²) in [6.07, 6.45) is 0. The minimum absolute atomic E-state index is 0.261. The van der Waals surface area contributed by atoms with Gasteiger partial charge in [-0.15, -0.1) is 0 Å². The highest BCUT2D eigenvalue weighted by Crippen LogP contribution is 2.27. The van der Waals surface area contributed by atoms with Crippen LogP contribution in [0.25, 0.3) is 0 Å². The smallest absolute Gasteiger partial charge is 0.126 e. The van der Waals surface area contributed by atoms with Crippen molar-refractivity contribution >= 4 is 5.69 Å². The highest BCUT2D eigenvalue weighted by atomic mass is 19.1. The molecule has 0 aliphatic rings. The molecule has 1 unspecified atom stereocenters. The monoisotopic (exact) mass is 290 g/mol. The third-order valence-corrected chi connectivity index (χ3v) is 3.58. The number of hydrogen-bond acceptors (Lipinski definition) is 2. The quantitative estimate of drug-likeness (QED) is 0.907. The minimum atomic E-state index is -0.580. The van der Waals surface area contributed by atoms with Gasteiger partial charge in [0.05, 0.1) is 6.04 Å². The van der Waals surface area contributed by atoms with Crippen LogP contribution in [0, 0.1) is 18.6 Å². The van der Waals surface area contributed by atoms with Crippen LogP contribution in [0.3, 0.4) is 0 Å². The Kier molecular flexibility index (Phi) is 4.91. The van der Waals surface area contributed by atoms with Crippen molar-refractivity contribution in [3.05, 3.63) is 65.2 Å². The lowest BCUT2D eigenvalue weighted by atomic mass is 10.0. The van der Waals surface area contributed by atoms with Gasteiger partial charge in [0, 0.05) is 24.8 Å². The summed E-state index contributed by atoms with van der Waals surface area (Å²) in [5.41, 5.74) is 8.57. The summed E-state index contributed by atoms with van der Waals surface area (Å²) in [5, 5.41) is 0. The summed E-state index contributed by atoms with van der Waals surface area (Å²) in [7, 11) is 0. The predicted molar refractivity (Wildman–Crippen MR) is 82.4 cm³/mol. The zero-order valence-electron chi connectivity index (χ0n) is 12.3. The molecule has 0 amide bonds. The Morgan fingerprint density at radius 1 is 1.05 bits per heavy atom. The van der Waals surface area contributed by atoms with Crippen molar-refractivity contribution in [2.45, 2.75) is 19.9 Å². The maximum absolute atomic E-state index is 13.4. The van der Waals surface area contributed by atoms with Crippen LogP contribution in [0.1, 0.15) is 24.1 Å². The fraction of sp³-hybridized carbons (Fsp3) is 0.294. The third-order valence-electron chi connectivity index (χ3n) is 3.58. The lowest BCUT2D eigenvalue weighted by molar-refractivity contribution is 0.567. The van der Waals surface area contributed by atoms with E-state index < -0.39 is 11.6 Å². The molecule has 1 atom stereocenters. The molecular weight excluding hydrogens is 270 g/mol. The van der Waals surface area contributed by atoms with Crippen LogP contribution < -0.4 is 10.6 Å². The summed E-state index contributed by atoms with van der Waals surface area (Å²) in [6, 6.07) is 11.3. The van der Waals surface area contributed by atoms with Crippen LogP contribution >= 0.6 is 0 Å². The Bertz CT molecular complexity index is 576. The van der Waals surface area contributed by atoms with Crippen molar-refractivity contribution < 1.29 is 8.78 Å². The van der Waals surface area contributed by atoms with Crippen LogP contribution in [0.15, 0.2) is 42.5 Å². The van der Waals surface area contributed by atoms with Gasteiger partial charge in [-0.1, -0.05) is 17.7 Å². The van der Waals surface area contributed by atoms with Crippen molar-refractivity contribution in [3.63, 3.8) is 0 Å². The molecule has 2 rings (SSSR count). The Morgan fingerprint density at radius 2 is 1.62 bits per heavy atom. The molecule has 2 aromatic carbocycles.